The molecule has 9 aromatic carbocycles. The van der Waals surface area contributed by atoms with Gasteiger partial charge in [-0.15, -0.1) is 0 Å². The lowest BCUT2D eigenvalue weighted by Gasteiger charge is -2.39. The average Bonchev–Trinajstić information content (AvgIpc) is 3.90. The van der Waals surface area contributed by atoms with Crippen LogP contribution in [-0.4, -0.2) is 20.1 Å². The van der Waals surface area contributed by atoms with Crippen molar-refractivity contribution < 1.29 is 0 Å². The zero-order chi connectivity index (χ0) is 45.9. The van der Waals surface area contributed by atoms with Crippen LogP contribution in [-0.2, 0) is 0 Å². The smallest absolute Gasteiger partial charge is 0.160 e. The third-order valence-electron chi connectivity index (χ3n) is 14.2. The van der Waals surface area contributed by atoms with Crippen LogP contribution < -0.4 is 4.90 Å². The quantitative estimate of drug-likeness (QED) is 0.152. The van der Waals surface area contributed by atoms with E-state index in [9.17, 15) is 0 Å². The summed E-state index contributed by atoms with van der Waals surface area (Å²) in [7, 11) is 0. The molecule has 1 aliphatic heterocycles. The van der Waals surface area contributed by atoms with Crippen molar-refractivity contribution >= 4 is 44.3 Å². The number of rotatable bonds is 8. The fourth-order valence-corrected chi connectivity index (χ4v) is 10.8. The van der Waals surface area contributed by atoms with Crippen molar-refractivity contribution in [3.63, 3.8) is 0 Å². The molecule has 1 unspecified atom stereocenters. The number of para-hydroxylation sites is 3. The van der Waals surface area contributed by atoms with Crippen molar-refractivity contribution in [3.05, 3.63) is 260 Å². The highest BCUT2D eigenvalue weighted by atomic mass is 15.2. The molecule has 0 spiro atoms. The minimum Gasteiger partial charge on any atom is -0.331 e. The van der Waals surface area contributed by atoms with E-state index < -0.39 is 0 Å². The molecular weight excluding hydrogens is 837 g/mol. The van der Waals surface area contributed by atoms with Crippen LogP contribution in [0.5, 0.6) is 0 Å². The predicted molar refractivity (Wildman–Crippen MR) is 288 cm³/mol. The van der Waals surface area contributed by atoms with E-state index in [0.717, 1.165) is 51.3 Å². The van der Waals surface area contributed by atoms with Crippen molar-refractivity contribution in [2.45, 2.75) is 18.9 Å². The number of allylic oxidation sites excluding steroid dienone is 2. The summed E-state index contributed by atoms with van der Waals surface area (Å²) in [5, 5.41) is 2.50. The first-order valence-electron chi connectivity index (χ1n) is 23.8. The Kier molecular flexibility index (Phi) is 9.65. The van der Waals surface area contributed by atoms with Gasteiger partial charge in [-0.3, -0.25) is 0 Å². The summed E-state index contributed by atoms with van der Waals surface area (Å²) in [6, 6.07) is 84.8. The molecule has 1 atom stereocenters. The van der Waals surface area contributed by atoms with Crippen LogP contribution in [0.15, 0.2) is 249 Å². The molecule has 0 amide bonds. The molecule has 4 nitrogen and oxygen atoms in total. The summed E-state index contributed by atoms with van der Waals surface area (Å²) < 4.78 is 2.41. The average molecular weight is 883 g/mol. The lowest BCUT2D eigenvalue weighted by Crippen LogP contribution is -2.40. The van der Waals surface area contributed by atoms with Crippen LogP contribution >= 0.6 is 0 Å². The molecular formula is C65H46N4. The second-order valence-corrected chi connectivity index (χ2v) is 18.4. The fourth-order valence-electron chi connectivity index (χ4n) is 10.8. The Labute approximate surface area is 402 Å². The topological polar surface area (TPSA) is 34.0 Å². The van der Waals surface area contributed by atoms with Crippen LogP contribution in [0.3, 0.4) is 0 Å². The van der Waals surface area contributed by atoms with Gasteiger partial charge in [0.05, 0.1) is 28.0 Å². The van der Waals surface area contributed by atoms with Crippen molar-refractivity contribution in [2.24, 2.45) is 0 Å². The number of anilines is 2. The lowest BCUT2D eigenvalue weighted by molar-refractivity contribution is 0.608. The molecule has 0 saturated heterocycles. The van der Waals surface area contributed by atoms with Crippen LogP contribution in [0.1, 0.15) is 24.5 Å². The first kappa shape index (κ1) is 40.4. The number of aromatic nitrogens is 3. The third kappa shape index (κ3) is 7.00. The summed E-state index contributed by atoms with van der Waals surface area (Å²) in [4.78, 5) is 12.6. The Morgan fingerprint density at radius 1 is 0.406 bits per heavy atom. The normalized spacial score (nSPS) is 15.2. The molecule has 0 N–H and O–H groups in total. The molecule has 11 aromatic rings. The van der Waals surface area contributed by atoms with Gasteiger partial charge in [0.1, 0.15) is 0 Å². The predicted octanol–water partition coefficient (Wildman–Crippen LogP) is 16.7. The number of hydrogen-bond donors (Lipinski definition) is 0. The Morgan fingerprint density at radius 2 is 0.971 bits per heavy atom. The first-order valence-corrected chi connectivity index (χ1v) is 23.8. The van der Waals surface area contributed by atoms with Crippen molar-refractivity contribution in [1.82, 2.24) is 14.5 Å². The van der Waals surface area contributed by atoms with Gasteiger partial charge in [-0.25, -0.2) is 9.97 Å². The fraction of sp³-hybridized carbons (Fsp3) is 0.0462. The summed E-state index contributed by atoms with van der Waals surface area (Å²) in [5.41, 5.74) is 20.5. The van der Waals surface area contributed by atoms with Gasteiger partial charge in [0.25, 0.3) is 0 Å². The van der Waals surface area contributed by atoms with E-state index in [2.05, 4.69) is 241 Å². The van der Waals surface area contributed by atoms with Gasteiger partial charge in [0.2, 0.25) is 0 Å². The molecule has 0 radical (unpaired) electrons. The SMILES string of the molecule is CC12CC=C(c3ccc4c(c3)c3ccccc3n4-c3ccc(-c4cccc(-c5cccc(-c6cc(-c7ccccc7)nc(-c7ccccc7)n6)c5)c4)cc3)C=C1c1ccccc1N2c1ccccc1. The third-order valence-corrected chi connectivity index (χ3v) is 14.2. The zero-order valence-electron chi connectivity index (χ0n) is 38.2. The second-order valence-electron chi connectivity index (χ2n) is 18.4. The van der Waals surface area contributed by atoms with Crippen molar-refractivity contribution in [2.75, 3.05) is 4.90 Å². The van der Waals surface area contributed by atoms with Crippen LogP contribution in [0.2, 0.25) is 0 Å². The minimum absolute atomic E-state index is 0.174. The summed E-state index contributed by atoms with van der Waals surface area (Å²) in [6.45, 7) is 2.39. The second kappa shape index (κ2) is 16.5. The maximum atomic E-state index is 5.10. The Bertz CT molecular complexity index is 3750. The van der Waals surface area contributed by atoms with E-state index in [1.165, 1.54) is 66.6 Å². The molecule has 326 valence electrons. The summed E-state index contributed by atoms with van der Waals surface area (Å²) in [5.74, 6) is 0.711. The van der Waals surface area contributed by atoms with Gasteiger partial charge in [0, 0.05) is 50.1 Å². The zero-order valence-corrected chi connectivity index (χ0v) is 38.2. The van der Waals surface area contributed by atoms with Gasteiger partial charge in [-0.2, -0.15) is 0 Å². The molecule has 4 heteroatoms. The molecule has 1 aliphatic carbocycles. The number of benzene rings is 9. The van der Waals surface area contributed by atoms with Crippen molar-refractivity contribution in [3.8, 4) is 61.8 Å². The highest BCUT2D eigenvalue weighted by Gasteiger charge is 2.45. The van der Waals surface area contributed by atoms with E-state index in [-0.39, 0.29) is 5.54 Å². The molecule has 0 saturated carbocycles. The first-order chi connectivity index (χ1) is 34.1. The van der Waals surface area contributed by atoms with Gasteiger partial charge >= 0.3 is 0 Å². The van der Waals surface area contributed by atoms with Gasteiger partial charge in [-0.1, -0.05) is 176 Å². The number of nitrogens with zero attached hydrogens (tertiary/aromatic N) is 4. The van der Waals surface area contributed by atoms with Gasteiger partial charge in [-0.05, 0) is 125 Å². The Hall–Kier alpha value is -8.86. The molecule has 0 fully saturated rings. The Morgan fingerprint density at radius 3 is 1.72 bits per heavy atom. The van der Waals surface area contributed by atoms with E-state index in [4.69, 9.17) is 9.97 Å². The maximum Gasteiger partial charge on any atom is 0.160 e. The maximum absolute atomic E-state index is 5.10. The monoisotopic (exact) mass is 882 g/mol. The summed E-state index contributed by atoms with van der Waals surface area (Å²) >= 11 is 0. The van der Waals surface area contributed by atoms with Gasteiger partial charge < -0.3 is 9.47 Å². The van der Waals surface area contributed by atoms with E-state index in [1.807, 2.05) is 24.3 Å². The molecule has 2 aliphatic rings. The van der Waals surface area contributed by atoms with Gasteiger partial charge in [0.15, 0.2) is 5.82 Å². The Balaban J connectivity index is 0.815. The largest absolute Gasteiger partial charge is 0.331 e. The molecule has 2 aromatic heterocycles. The molecule has 69 heavy (non-hydrogen) atoms. The lowest BCUT2D eigenvalue weighted by atomic mass is 9.80. The van der Waals surface area contributed by atoms with Crippen LogP contribution in [0.25, 0.3) is 94.8 Å². The van der Waals surface area contributed by atoms with E-state index in [0.29, 0.717) is 5.82 Å². The van der Waals surface area contributed by atoms with E-state index >= 15 is 0 Å². The summed E-state index contributed by atoms with van der Waals surface area (Å²) in [6.07, 6.45) is 5.79. The number of fused-ring (bicyclic) bond motifs is 6. The van der Waals surface area contributed by atoms with Crippen LogP contribution in [0.4, 0.5) is 11.4 Å². The standard InChI is InChI=1S/C65H46N4/c1-65-38-37-51(42-58(65)56-28-12-14-30-63(56)69(65)54-25-9-4-10-26-54)50-33-36-62-57(41-50)55-27-11-13-29-61(55)68(62)53-34-31-44(32-35-53)47-21-15-22-48(39-47)49-23-16-24-52(40-49)60-43-59(45-17-5-2-6-18-45)66-64(67-60)46-19-7-3-8-20-46/h2-37,39-43H,38H2,1H3. The highest BCUT2D eigenvalue weighted by molar-refractivity contribution is 6.11. The van der Waals surface area contributed by atoms with Crippen molar-refractivity contribution in [1.29, 1.82) is 0 Å². The minimum atomic E-state index is -0.174. The van der Waals surface area contributed by atoms with E-state index in [1.54, 1.807) is 0 Å². The number of hydrogen-bond acceptors (Lipinski definition) is 3. The highest BCUT2D eigenvalue weighted by Crippen LogP contribution is 2.55. The molecule has 3 heterocycles. The van der Waals surface area contributed by atoms with Crippen LogP contribution in [0, 0.1) is 0 Å². The molecule has 0 bridgehead atoms. The molecule has 13 rings (SSSR count).